The lowest BCUT2D eigenvalue weighted by Crippen LogP contribution is -2.18. The SMILES string of the molecule is C[C@H]1CCc2c(I)cnn2C1. The Bertz CT molecular complexity index is 267. The highest BCUT2D eigenvalue weighted by Gasteiger charge is 2.17. The maximum atomic E-state index is 4.32. The Morgan fingerprint density at radius 1 is 1.73 bits per heavy atom. The number of nitrogens with zero attached hydrogens (tertiary/aromatic N) is 2. The third-order valence-corrected chi connectivity index (χ3v) is 3.16. The second-order valence-corrected chi connectivity index (χ2v) is 4.43. The van der Waals surface area contributed by atoms with Crippen LogP contribution in [0.1, 0.15) is 19.0 Å². The highest BCUT2D eigenvalue weighted by atomic mass is 127. The van der Waals surface area contributed by atoms with Gasteiger partial charge in [0.2, 0.25) is 0 Å². The molecule has 0 saturated heterocycles. The molecule has 0 fully saturated rings. The van der Waals surface area contributed by atoms with Crippen LogP contribution in [0.3, 0.4) is 0 Å². The van der Waals surface area contributed by atoms with E-state index in [0.29, 0.717) is 0 Å². The van der Waals surface area contributed by atoms with Crippen molar-refractivity contribution in [1.82, 2.24) is 9.78 Å². The van der Waals surface area contributed by atoms with Crippen molar-refractivity contribution in [3.8, 4) is 0 Å². The Labute approximate surface area is 80.1 Å². The molecule has 2 heterocycles. The van der Waals surface area contributed by atoms with Gasteiger partial charge in [0.15, 0.2) is 0 Å². The van der Waals surface area contributed by atoms with Crippen molar-refractivity contribution in [3.63, 3.8) is 0 Å². The molecule has 0 spiro atoms. The van der Waals surface area contributed by atoms with E-state index < -0.39 is 0 Å². The van der Waals surface area contributed by atoms with Gasteiger partial charge in [-0.3, -0.25) is 4.68 Å². The molecule has 1 atom stereocenters. The number of halogens is 1. The summed E-state index contributed by atoms with van der Waals surface area (Å²) in [6.45, 7) is 3.40. The van der Waals surface area contributed by atoms with E-state index in [1.54, 1.807) is 0 Å². The summed E-state index contributed by atoms with van der Waals surface area (Å²) in [5.41, 5.74) is 1.43. The van der Waals surface area contributed by atoms with Gasteiger partial charge in [0.25, 0.3) is 0 Å². The van der Waals surface area contributed by atoms with E-state index in [0.717, 1.165) is 12.5 Å². The molecular formula is C8H11IN2. The highest BCUT2D eigenvalue weighted by Crippen LogP contribution is 2.22. The minimum absolute atomic E-state index is 0.804. The lowest BCUT2D eigenvalue weighted by molar-refractivity contribution is 0.371. The standard InChI is InChI=1S/C8H11IN2/c1-6-2-3-8-7(9)4-10-11(8)5-6/h4,6H,2-3,5H2,1H3/t6-/m0/s1. The monoisotopic (exact) mass is 262 g/mol. The number of fused-ring (bicyclic) bond motifs is 1. The predicted octanol–water partition coefficient (Wildman–Crippen LogP) is 2.07. The lowest BCUT2D eigenvalue weighted by atomic mass is 10.0. The first-order valence-electron chi connectivity index (χ1n) is 3.97. The zero-order valence-electron chi connectivity index (χ0n) is 6.55. The van der Waals surface area contributed by atoms with Crippen molar-refractivity contribution in [3.05, 3.63) is 15.5 Å². The topological polar surface area (TPSA) is 17.8 Å². The van der Waals surface area contributed by atoms with Gasteiger partial charge in [-0.05, 0) is 41.4 Å². The smallest absolute Gasteiger partial charge is 0.0626 e. The Morgan fingerprint density at radius 2 is 2.55 bits per heavy atom. The molecule has 2 rings (SSSR count). The number of hydrogen-bond acceptors (Lipinski definition) is 1. The summed E-state index contributed by atoms with van der Waals surface area (Å²) in [4.78, 5) is 0. The van der Waals surface area contributed by atoms with Gasteiger partial charge in [-0.1, -0.05) is 6.92 Å². The summed E-state index contributed by atoms with van der Waals surface area (Å²) < 4.78 is 3.48. The lowest BCUT2D eigenvalue weighted by Gasteiger charge is -2.19. The first-order valence-corrected chi connectivity index (χ1v) is 5.05. The Kier molecular flexibility index (Phi) is 1.91. The third kappa shape index (κ3) is 1.30. The fourth-order valence-electron chi connectivity index (χ4n) is 1.56. The molecule has 60 valence electrons. The molecule has 3 heteroatoms. The van der Waals surface area contributed by atoms with Gasteiger partial charge >= 0.3 is 0 Å². The van der Waals surface area contributed by atoms with Crippen LogP contribution in [-0.4, -0.2) is 9.78 Å². The molecule has 1 aliphatic rings. The molecule has 0 bridgehead atoms. The second-order valence-electron chi connectivity index (χ2n) is 3.27. The van der Waals surface area contributed by atoms with Crippen molar-refractivity contribution in [1.29, 1.82) is 0 Å². The van der Waals surface area contributed by atoms with Gasteiger partial charge in [-0.25, -0.2) is 0 Å². The van der Waals surface area contributed by atoms with Crippen LogP contribution in [-0.2, 0) is 13.0 Å². The van der Waals surface area contributed by atoms with E-state index in [1.807, 2.05) is 6.20 Å². The van der Waals surface area contributed by atoms with Gasteiger partial charge in [0.05, 0.1) is 15.5 Å². The van der Waals surface area contributed by atoms with Gasteiger partial charge < -0.3 is 0 Å². The van der Waals surface area contributed by atoms with Crippen molar-refractivity contribution in [2.24, 2.45) is 5.92 Å². The van der Waals surface area contributed by atoms with Gasteiger partial charge in [-0.2, -0.15) is 5.10 Å². The maximum Gasteiger partial charge on any atom is 0.0626 e. The Hall–Kier alpha value is -0.0600. The van der Waals surface area contributed by atoms with Crippen LogP contribution in [0.5, 0.6) is 0 Å². The minimum Gasteiger partial charge on any atom is -0.268 e. The van der Waals surface area contributed by atoms with Crippen molar-refractivity contribution in [2.45, 2.75) is 26.3 Å². The van der Waals surface area contributed by atoms with Crippen LogP contribution in [0, 0.1) is 9.49 Å². The molecule has 0 aromatic carbocycles. The zero-order valence-corrected chi connectivity index (χ0v) is 8.71. The molecule has 0 unspecified atom stereocenters. The molecule has 0 radical (unpaired) electrons. The third-order valence-electron chi connectivity index (χ3n) is 2.26. The molecule has 0 saturated carbocycles. The van der Waals surface area contributed by atoms with Gasteiger partial charge in [0, 0.05) is 6.54 Å². The number of hydrogen-bond donors (Lipinski definition) is 0. The Morgan fingerprint density at radius 3 is 3.36 bits per heavy atom. The molecule has 1 aromatic heterocycles. The normalized spacial score (nSPS) is 23.3. The predicted molar refractivity (Wildman–Crippen MR) is 52.4 cm³/mol. The molecule has 1 aromatic rings. The molecule has 0 N–H and O–H groups in total. The molecule has 11 heavy (non-hydrogen) atoms. The van der Waals surface area contributed by atoms with E-state index in [2.05, 4.69) is 39.3 Å². The van der Waals surface area contributed by atoms with Crippen molar-refractivity contribution < 1.29 is 0 Å². The van der Waals surface area contributed by atoms with E-state index in [4.69, 9.17) is 0 Å². The summed E-state index contributed by atoms with van der Waals surface area (Å²) in [6, 6.07) is 0. The molecular weight excluding hydrogens is 251 g/mol. The Balaban J connectivity index is 2.36. The van der Waals surface area contributed by atoms with E-state index in [9.17, 15) is 0 Å². The zero-order chi connectivity index (χ0) is 7.84. The van der Waals surface area contributed by atoms with Crippen LogP contribution >= 0.6 is 22.6 Å². The van der Waals surface area contributed by atoms with E-state index in [1.165, 1.54) is 22.1 Å². The number of aromatic nitrogens is 2. The fraction of sp³-hybridized carbons (Fsp3) is 0.625. The molecule has 0 amide bonds. The van der Waals surface area contributed by atoms with Gasteiger partial charge in [0.1, 0.15) is 0 Å². The van der Waals surface area contributed by atoms with Crippen molar-refractivity contribution >= 4 is 22.6 Å². The van der Waals surface area contributed by atoms with Crippen LogP contribution in [0.2, 0.25) is 0 Å². The van der Waals surface area contributed by atoms with Crippen LogP contribution in [0.4, 0.5) is 0 Å². The fourth-order valence-corrected chi connectivity index (χ4v) is 2.24. The largest absolute Gasteiger partial charge is 0.268 e. The van der Waals surface area contributed by atoms with E-state index >= 15 is 0 Å². The van der Waals surface area contributed by atoms with Crippen LogP contribution in [0.25, 0.3) is 0 Å². The number of rotatable bonds is 0. The molecule has 2 nitrogen and oxygen atoms in total. The summed E-state index contributed by atoms with van der Waals surface area (Å²) >= 11 is 2.36. The first-order chi connectivity index (χ1) is 5.27. The van der Waals surface area contributed by atoms with Gasteiger partial charge in [-0.15, -0.1) is 0 Å². The van der Waals surface area contributed by atoms with E-state index in [-0.39, 0.29) is 0 Å². The average Bonchev–Trinajstić information content (AvgIpc) is 2.32. The average molecular weight is 262 g/mol. The molecule has 0 aliphatic carbocycles. The minimum atomic E-state index is 0.804. The summed E-state index contributed by atoms with van der Waals surface area (Å²) in [7, 11) is 0. The second kappa shape index (κ2) is 2.77. The summed E-state index contributed by atoms with van der Waals surface area (Å²) in [5.74, 6) is 0.804. The van der Waals surface area contributed by atoms with Crippen LogP contribution < -0.4 is 0 Å². The quantitative estimate of drug-likeness (QED) is 0.654. The van der Waals surface area contributed by atoms with Crippen LogP contribution in [0.15, 0.2) is 6.20 Å². The molecule has 1 aliphatic heterocycles. The maximum absolute atomic E-state index is 4.32. The highest BCUT2D eigenvalue weighted by molar-refractivity contribution is 14.1. The summed E-state index contributed by atoms with van der Waals surface area (Å²) in [6.07, 6.45) is 4.50. The van der Waals surface area contributed by atoms with Crippen molar-refractivity contribution in [2.75, 3.05) is 0 Å². The summed E-state index contributed by atoms with van der Waals surface area (Å²) in [5, 5.41) is 4.32. The first kappa shape index (κ1) is 7.58.